The molecule has 9 heteroatoms. The molecule has 5 rings (SSSR count). The highest BCUT2D eigenvalue weighted by Gasteiger charge is 2.41. The van der Waals surface area contributed by atoms with Gasteiger partial charge in [0.2, 0.25) is 0 Å². The van der Waals surface area contributed by atoms with Gasteiger partial charge in [-0.25, -0.2) is 0 Å². The minimum Gasteiger partial charge on any atom is -0.612 e. The predicted molar refractivity (Wildman–Crippen MR) is 162 cm³/mol. The van der Waals surface area contributed by atoms with Crippen molar-refractivity contribution in [2.45, 2.75) is 22.3 Å². The van der Waals surface area contributed by atoms with Crippen LogP contribution in [-0.2, 0) is 22.4 Å². The first-order valence-electron chi connectivity index (χ1n) is 13.3. The van der Waals surface area contributed by atoms with Crippen molar-refractivity contribution in [2.75, 3.05) is 70.3 Å². The van der Waals surface area contributed by atoms with Crippen LogP contribution in [-0.4, -0.2) is 100.0 Å². The van der Waals surface area contributed by atoms with Crippen LogP contribution in [0.25, 0.3) is 6.08 Å². The summed E-state index contributed by atoms with van der Waals surface area (Å²) in [6.45, 7) is 6.59. The minimum atomic E-state index is -0.983. The number of thioether (sulfide) groups is 1. The minimum absolute atomic E-state index is 0.193. The Bertz CT molecular complexity index is 1130. The third kappa shape index (κ3) is 6.63. The molecule has 0 aliphatic carbocycles. The van der Waals surface area contributed by atoms with Crippen molar-refractivity contribution in [3.8, 4) is 0 Å². The smallest absolute Gasteiger partial charge is 0.152 e. The van der Waals surface area contributed by atoms with Gasteiger partial charge >= 0.3 is 0 Å². The van der Waals surface area contributed by atoms with Crippen molar-refractivity contribution >= 4 is 45.9 Å². The van der Waals surface area contributed by atoms with Gasteiger partial charge in [-0.15, -0.1) is 0 Å². The monoisotopic (exact) mass is 570 g/mol. The second-order valence-corrected chi connectivity index (χ2v) is 14.2. The standard InChI is InChI=1S/C29H38N4O2S3/c1-31-15-17-32(18-16-31)13-4-14-33-29(23-7-11-26(12-8-23)38(3)35)27-21-36-20-24(28(27)30-33)19-22-5-9-25(10-6-22)37(2)34/h5-12,19,27,29H,4,13-18,20-21H2,1-3H3. The number of hydrogen-bond acceptors (Lipinski definition) is 7. The van der Waals surface area contributed by atoms with Crippen molar-refractivity contribution in [3.63, 3.8) is 0 Å². The van der Waals surface area contributed by atoms with Gasteiger partial charge in [0.1, 0.15) is 12.5 Å². The van der Waals surface area contributed by atoms with Gasteiger partial charge in [-0.1, -0.05) is 12.1 Å². The number of hydrazone groups is 1. The molecule has 38 heavy (non-hydrogen) atoms. The van der Waals surface area contributed by atoms with Crippen LogP contribution < -0.4 is 0 Å². The SMILES string of the molecule is CN1CCN(CCCN2N=C3C(=Cc4ccc([S+](C)[O-])cc4)CSCC3C2c2ccc([S+](C)[O-])cc2)CC1. The van der Waals surface area contributed by atoms with Crippen LogP contribution in [0.5, 0.6) is 0 Å². The highest BCUT2D eigenvalue weighted by Crippen LogP contribution is 2.43. The molecule has 3 aliphatic rings. The third-order valence-electron chi connectivity index (χ3n) is 7.74. The summed E-state index contributed by atoms with van der Waals surface area (Å²) in [5, 5.41) is 7.61. The molecule has 2 aromatic rings. The van der Waals surface area contributed by atoms with E-state index in [1.165, 1.54) is 16.8 Å². The number of rotatable bonds is 8. The molecule has 0 radical (unpaired) electrons. The van der Waals surface area contributed by atoms with Gasteiger partial charge < -0.3 is 18.9 Å². The van der Waals surface area contributed by atoms with E-state index in [0.29, 0.717) is 5.92 Å². The largest absolute Gasteiger partial charge is 0.612 e. The Labute approximate surface area is 237 Å². The Kier molecular flexibility index (Phi) is 9.46. The lowest BCUT2D eigenvalue weighted by molar-refractivity contribution is 0.139. The van der Waals surface area contributed by atoms with Crippen LogP contribution in [0, 0.1) is 5.92 Å². The van der Waals surface area contributed by atoms with E-state index in [-0.39, 0.29) is 6.04 Å². The molecule has 3 heterocycles. The molecule has 2 aromatic carbocycles. The van der Waals surface area contributed by atoms with Crippen molar-refractivity contribution in [1.29, 1.82) is 0 Å². The fraction of sp³-hybridized carbons (Fsp3) is 0.483. The summed E-state index contributed by atoms with van der Waals surface area (Å²) in [6, 6.07) is 16.6. The molecule has 2 saturated heterocycles. The van der Waals surface area contributed by atoms with E-state index in [1.54, 1.807) is 12.5 Å². The number of nitrogens with zero attached hydrogens (tertiary/aromatic N) is 4. The van der Waals surface area contributed by atoms with Gasteiger partial charge in [0.05, 0.1) is 11.8 Å². The van der Waals surface area contributed by atoms with E-state index in [2.05, 4.69) is 52.2 Å². The van der Waals surface area contributed by atoms with E-state index in [9.17, 15) is 9.11 Å². The molecule has 0 spiro atoms. The quantitative estimate of drug-likeness (QED) is 0.448. The van der Waals surface area contributed by atoms with Gasteiger partial charge in [-0.2, -0.15) is 16.9 Å². The Balaban J connectivity index is 1.37. The molecule has 0 saturated carbocycles. The molecule has 3 aliphatic heterocycles. The molecule has 0 bridgehead atoms. The molecule has 0 aromatic heterocycles. The Morgan fingerprint density at radius 3 is 2.18 bits per heavy atom. The summed E-state index contributed by atoms with van der Waals surface area (Å²) in [7, 11) is 2.20. The maximum atomic E-state index is 12.0. The number of fused-ring (bicyclic) bond motifs is 1. The van der Waals surface area contributed by atoms with Gasteiger partial charge in [0, 0.05) is 50.1 Å². The van der Waals surface area contributed by atoms with Crippen molar-refractivity contribution in [2.24, 2.45) is 11.0 Å². The van der Waals surface area contributed by atoms with Crippen LogP contribution in [0.2, 0.25) is 0 Å². The predicted octanol–water partition coefficient (Wildman–Crippen LogP) is 3.96. The zero-order valence-corrected chi connectivity index (χ0v) is 25.0. The molecular formula is C29H38N4O2S3. The summed E-state index contributed by atoms with van der Waals surface area (Å²) in [5.74, 6) is 2.32. The van der Waals surface area contributed by atoms with Crippen molar-refractivity contribution in [1.82, 2.24) is 14.8 Å². The lowest BCUT2D eigenvalue weighted by Gasteiger charge is -2.33. The lowest BCUT2D eigenvalue weighted by Crippen LogP contribution is -2.45. The Hall–Kier alpha value is -1.46. The average molecular weight is 571 g/mol. The first-order valence-corrected chi connectivity index (χ1v) is 17.6. The zero-order valence-electron chi connectivity index (χ0n) is 22.5. The summed E-state index contributed by atoms with van der Waals surface area (Å²) in [4.78, 5) is 6.69. The second-order valence-electron chi connectivity index (χ2n) is 10.4. The number of benzene rings is 2. The molecule has 0 amide bonds. The van der Waals surface area contributed by atoms with Crippen LogP contribution in [0.15, 0.2) is 69.0 Å². The molecule has 204 valence electrons. The number of hydrogen-bond donors (Lipinski definition) is 0. The van der Waals surface area contributed by atoms with E-state index in [0.717, 1.165) is 72.5 Å². The first kappa shape index (κ1) is 28.1. The normalized spacial score (nSPS) is 25.3. The highest BCUT2D eigenvalue weighted by molar-refractivity contribution is 7.99. The van der Waals surface area contributed by atoms with Crippen molar-refractivity contribution < 1.29 is 9.11 Å². The van der Waals surface area contributed by atoms with E-state index >= 15 is 0 Å². The number of piperazine rings is 1. The van der Waals surface area contributed by atoms with E-state index in [4.69, 9.17) is 5.10 Å². The topological polar surface area (TPSA) is 68.2 Å². The van der Waals surface area contributed by atoms with Crippen LogP contribution in [0.1, 0.15) is 23.6 Å². The molecular weight excluding hydrogens is 533 g/mol. The maximum Gasteiger partial charge on any atom is 0.152 e. The molecule has 2 fully saturated rings. The van der Waals surface area contributed by atoms with Gasteiger partial charge in [-0.05, 0) is 102 Å². The average Bonchev–Trinajstić information content (AvgIpc) is 3.29. The van der Waals surface area contributed by atoms with Crippen LogP contribution in [0.3, 0.4) is 0 Å². The van der Waals surface area contributed by atoms with Crippen LogP contribution in [0.4, 0.5) is 0 Å². The van der Waals surface area contributed by atoms with E-state index < -0.39 is 22.4 Å². The zero-order chi connectivity index (χ0) is 26.6. The molecule has 4 atom stereocenters. The highest BCUT2D eigenvalue weighted by atomic mass is 32.2. The van der Waals surface area contributed by atoms with Gasteiger partial charge in [-0.3, -0.25) is 5.01 Å². The maximum absolute atomic E-state index is 12.0. The summed E-state index contributed by atoms with van der Waals surface area (Å²) in [5.41, 5.74) is 4.87. The fourth-order valence-electron chi connectivity index (χ4n) is 5.52. The Morgan fingerprint density at radius 1 is 0.921 bits per heavy atom. The van der Waals surface area contributed by atoms with Gasteiger partial charge in [0.25, 0.3) is 0 Å². The molecule has 4 unspecified atom stereocenters. The van der Waals surface area contributed by atoms with Crippen molar-refractivity contribution in [3.05, 3.63) is 65.2 Å². The van der Waals surface area contributed by atoms with E-state index in [1.807, 2.05) is 36.0 Å². The Morgan fingerprint density at radius 2 is 1.55 bits per heavy atom. The summed E-state index contributed by atoms with van der Waals surface area (Å²) < 4.78 is 23.8. The summed E-state index contributed by atoms with van der Waals surface area (Å²) >= 11 is 0.0223. The van der Waals surface area contributed by atoms with Gasteiger partial charge in [0.15, 0.2) is 9.79 Å². The lowest BCUT2D eigenvalue weighted by atomic mass is 9.87. The third-order valence-corrected chi connectivity index (χ3v) is 10.7. The summed E-state index contributed by atoms with van der Waals surface area (Å²) in [6.07, 6.45) is 6.79. The first-order chi connectivity index (χ1) is 18.4. The molecule has 0 N–H and O–H groups in total. The second kappa shape index (κ2) is 12.8. The fourth-order valence-corrected chi connectivity index (χ4v) is 7.73. The molecule has 6 nitrogen and oxygen atoms in total. The van der Waals surface area contributed by atoms with Crippen LogP contribution >= 0.6 is 11.8 Å². The number of likely N-dealkylation sites (N-methyl/N-ethyl adjacent to an activating group) is 1.